The van der Waals surface area contributed by atoms with Crippen molar-refractivity contribution in [2.75, 3.05) is 26.5 Å². The van der Waals surface area contributed by atoms with Crippen LogP contribution in [0, 0.1) is 5.82 Å². The van der Waals surface area contributed by atoms with Gasteiger partial charge in [0, 0.05) is 31.0 Å². The number of likely N-dealkylation sites (N-methyl/N-ethyl adjacent to an activating group) is 1. The zero-order chi connectivity index (χ0) is 22.4. The molecule has 1 atom stereocenters. The summed E-state index contributed by atoms with van der Waals surface area (Å²) in [6.45, 7) is 5.41. The third-order valence-electron chi connectivity index (χ3n) is 4.83. The molecular formula is C20H29FN6O3. The second-order valence-corrected chi connectivity index (χ2v) is 6.64. The Morgan fingerprint density at radius 2 is 2.07 bits per heavy atom. The number of aliphatic hydroxyl groups excluding tert-OH is 1. The topological polar surface area (TPSA) is 119 Å². The quantitative estimate of drug-likeness (QED) is 0.601. The number of carbonyl (C=O) groups is 1. The van der Waals surface area contributed by atoms with E-state index in [0.717, 1.165) is 12.8 Å². The number of hydrogen-bond donors (Lipinski definition) is 2. The number of anilines is 1. The number of aryl methyl sites for hydroxylation is 1. The van der Waals surface area contributed by atoms with Crippen LogP contribution >= 0.6 is 0 Å². The first-order valence-corrected chi connectivity index (χ1v) is 9.90. The predicted octanol–water partition coefficient (Wildman–Crippen LogP) is 2.20. The van der Waals surface area contributed by atoms with Crippen LogP contribution in [-0.4, -0.2) is 62.3 Å². The lowest BCUT2D eigenvalue weighted by molar-refractivity contribution is -0.134. The highest BCUT2D eigenvalue weighted by atomic mass is 19.1. The van der Waals surface area contributed by atoms with E-state index in [1.807, 2.05) is 20.8 Å². The summed E-state index contributed by atoms with van der Waals surface area (Å²) in [5.41, 5.74) is 6.88. The molecule has 3 N–H and O–H groups in total. The van der Waals surface area contributed by atoms with Crippen LogP contribution in [0.15, 0.2) is 12.1 Å². The first kappa shape index (κ1) is 23.3. The normalized spacial score (nSPS) is 11.8. The van der Waals surface area contributed by atoms with Gasteiger partial charge in [0.25, 0.3) is 0 Å². The zero-order valence-electron chi connectivity index (χ0n) is 18.0. The molecule has 1 amide bonds. The Bertz CT molecular complexity index is 1020. The number of methoxy groups -OCH3 is 1. The summed E-state index contributed by atoms with van der Waals surface area (Å²) in [5.74, 6) is -0.0456. The minimum atomic E-state index is -0.515. The van der Waals surface area contributed by atoms with Crippen molar-refractivity contribution in [2.45, 2.75) is 46.1 Å². The SMILES string of the molecule is CC.COc1cc2nc(N)n3nc(CCC[C@H](C)N(C)C(=O)CO)nc3c2cc1F. The van der Waals surface area contributed by atoms with Gasteiger partial charge < -0.3 is 20.5 Å². The van der Waals surface area contributed by atoms with Crippen molar-refractivity contribution in [3.05, 3.63) is 23.8 Å². The molecule has 1 aromatic carbocycles. The van der Waals surface area contributed by atoms with E-state index in [4.69, 9.17) is 15.6 Å². The number of halogens is 1. The molecule has 0 saturated heterocycles. The molecule has 9 nitrogen and oxygen atoms in total. The Kier molecular flexibility index (Phi) is 7.87. The van der Waals surface area contributed by atoms with Crippen LogP contribution in [0.4, 0.5) is 10.3 Å². The smallest absolute Gasteiger partial charge is 0.248 e. The number of aliphatic hydroxyl groups is 1. The van der Waals surface area contributed by atoms with Gasteiger partial charge in [-0.05, 0) is 25.8 Å². The maximum absolute atomic E-state index is 14.1. The van der Waals surface area contributed by atoms with E-state index in [2.05, 4.69) is 15.1 Å². The van der Waals surface area contributed by atoms with E-state index >= 15 is 0 Å². The van der Waals surface area contributed by atoms with Crippen LogP contribution in [0.1, 0.15) is 39.4 Å². The van der Waals surface area contributed by atoms with Crippen molar-refractivity contribution in [3.8, 4) is 5.75 Å². The van der Waals surface area contributed by atoms with Crippen LogP contribution in [0.2, 0.25) is 0 Å². The van der Waals surface area contributed by atoms with Crippen LogP contribution < -0.4 is 10.5 Å². The number of nitrogens with zero attached hydrogens (tertiary/aromatic N) is 5. The van der Waals surface area contributed by atoms with Gasteiger partial charge in [-0.3, -0.25) is 4.79 Å². The zero-order valence-corrected chi connectivity index (χ0v) is 18.0. The molecule has 0 aliphatic carbocycles. The fourth-order valence-corrected chi connectivity index (χ4v) is 3.04. The molecule has 0 radical (unpaired) electrons. The molecule has 0 saturated carbocycles. The van der Waals surface area contributed by atoms with Crippen LogP contribution in [-0.2, 0) is 11.2 Å². The van der Waals surface area contributed by atoms with E-state index in [1.165, 1.54) is 28.7 Å². The molecular weight excluding hydrogens is 391 g/mol. The molecule has 0 bridgehead atoms. The Morgan fingerprint density at radius 3 is 2.70 bits per heavy atom. The number of rotatable bonds is 7. The van der Waals surface area contributed by atoms with E-state index in [-0.39, 0.29) is 23.6 Å². The van der Waals surface area contributed by atoms with Crippen molar-refractivity contribution < 1.29 is 19.0 Å². The number of nitrogens with two attached hydrogens (primary N) is 1. The summed E-state index contributed by atoms with van der Waals surface area (Å²) in [7, 11) is 3.04. The third-order valence-corrected chi connectivity index (χ3v) is 4.83. The minimum absolute atomic E-state index is 0.0224. The standard InChI is InChI=1S/C18H23FN6O3.C2H6/c1-10(24(2)16(27)9-26)5-4-6-15-22-17-11-7-12(19)14(28-3)8-13(11)21-18(20)25(17)23-15;1-2/h7-8,10,26H,4-6,9H2,1-3H3,(H2,20,21);1-2H3/t10-;/m0./s1. The van der Waals surface area contributed by atoms with Gasteiger partial charge in [-0.25, -0.2) is 14.4 Å². The summed E-state index contributed by atoms with van der Waals surface area (Å²) in [5, 5.41) is 13.8. The first-order valence-electron chi connectivity index (χ1n) is 9.90. The van der Waals surface area contributed by atoms with E-state index < -0.39 is 12.4 Å². The van der Waals surface area contributed by atoms with Crippen molar-refractivity contribution in [1.29, 1.82) is 0 Å². The summed E-state index contributed by atoms with van der Waals surface area (Å²) in [4.78, 5) is 21.8. The highest BCUT2D eigenvalue weighted by Gasteiger charge is 2.17. The molecule has 3 aromatic rings. The Hall–Kier alpha value is -3.01. The Balaban J connectivity index is 0.00000155. The molecule has 0 unspecified atom stereocenters. The molecule has 0 spiro atoms. The van der Waals surface area contributed by atoms with Crippen molar-refractivity contribution in [2.24, 2.45) is 0 Å². The molecule has 2 aromatic heterocycles. The molecule has 0 aliphatic rings. The van der Waals surface area contributed by atoms with Gasteiger partial charge in [0.1, 0.15) is 6.61 Å². The number of ether oxygens (including phenoxy) is 1. The van der Waals surface area contributed by atoms with Gasteiger partial charge in [0.15, 0.2) is 23.0 Å². The summed E-state index contributed by atoms with van der Waals surface area (Å²) >= 11 is 0. The maximum atomic E-state index is 14.1. The van der Waals surface area contributed by atoms with Crippen molar-refractivity contribution in [3.63, 3.8) is 0 Å². The lowest BCUT2D eigenvalue weighted by Gasteiger charge is -2.23. The second kappa shape index (κ2) is 10.1. The number of amides is 1. The van der Waals surface area contributed by atoms with Gasteiger partial charge in [-0.1, -0.05) is 13.8 Å². The largest absolute Gasteiger partial charge is 0.494 e. The molecule has 0 aliphatic heterocycles. The monoisotopic (exact) mass is 420 g/mol. The van der Waals surface area contributed by atoms with Gasteiger partial charge in [0.05, 0.1) is 12.6 Å². The Morgan fingerprint density at radius 1 is 1.37 bits per heavy atom. The summed E-state index contributed by atoms with van der Waals surface area (Å²) < 4.78 is 20.5. The van der Waals surface area contributed by atoms with Crippen LogP contribution in [0.25, 0.3) is 16.6 Å². The maximum Gasteiger partial charge on any atom is 0.248 e. The number of fused-ring (bicyclic) bond motifs is 3. The fourth-order valence-electron chi connectivity index (χ4n) is 3.04. The number of carbonyl (C=O) groups excluding carboxylic acids is 1. The first-order chi connectivity index (χ1) is 14.3. The summed E-state index contributed by atoms with van der Waals surface area (Å²) in [6.07, 6.45) is 2.01. The average molecular weight is 420 g/mol. The number of benzene rings is 1. The molecule has 3 rings (SSSR count). The van der Waals surface area contributed by atoms with Gasteiger partial charge in [-0.15, -0.1) is 5.10 Å². The van der Waals surface area contributed by atoms with Gasteiger partial charge in [0.2, 0.25) is 11.9 Å². The molecule has 0 fully saturated rings. The Labute approximate surface area is 174 Å². The molecule has 164 valence electrons. The predicted molar refractivity (Wildman–Crippen MR) is 113 cm³/mol. The van der Waals surface area contributed by atoms with Crippen molar-refractivity contribution >= 4 is 28.4 Å². The van der Waals surface area contributed by atoms with E-state index in [9.17, 15) is 9.18 Å². The van der Waals surface area contributed by atoms with Crippen LogP contribution in [0.5, 0.6) is 5.75 Å². The van der Waals surface area contributed by atoms with Gasteiger partial charge >= 0.3 is 0 Å². The number of nitrogen functional groups attached to an aromatic ring is 1. The minimum Gasteiger partial charge on any atom is -0.494 e. The van der Waals surface area contributed by atoms with E-state index in [0.29, 0.717) is 28.8 Å². The lowest BCUT2D eigenvalue weighted by Crippen LogP contribution is -2.36. The molecule has 30 heavy (non-hydrogen) atoms. The highest BCUT2D eigenvalue weighted by molar-refractivity contribution is 5.93. The lowest BCUT2D eigenvalue weighted by atomic mass is 10.1. The van der Waals surface area contributed by atoms with Crippen LogP contribution in [0.3, 0.4) is 0 Å². The second-order valence-electron chi connectivity index (χ2n) is 6.64. The molecule has 2 heterocycles. The third kappa shape index (κ3) is 4.76. The average Bonchev–Trinajstić information content (AvgIpc) is 3.19. The molecule has 10 heteroatoms. The van der Waals surface area contributed by atoms with Gasteiger partial charge in [-0.2, -0.15) is 4.52 Å². The number of hydrogen-bond acceptors (Lipinski definition) is 7. The van der Waals surface area contributed by atoms with Crippen molar-refractivity contribution in [1.82, 2.24) is 24.5 Å². The fraction of sp³-hybridized carbons (Fsp3) is 0.500. The highest BCUT2D eigenvalue weighted by Crippen LogP contribution is 2.27. The van der Waals surface area contributed by atoms with E-state index in [1.54, 1.807) is 7.05 Å². The summed E-state index contributed by atoms with van der Waals surface area (Å²) in [6, 6.07) is 2.77. The number of aromatic nitrogens is 4.